The van der Waals surface area contributed by atoms with E-state index in [-0.39, 0.29) is 0 Å². The van der Waals surface area contributed by atoms with Crippen LogP contribution in [0.2, 0.25) is 0 Å². The standard InChI is InChI=1S/C10H21NO/c1-4-11-7-10(8-11)12-6-5-9(2)3/h9-10H,4-8H2,1-3H3. The van der Waals surface area contributed by atoms with Crippen LogP contribution in [0.15, 0.2) is 0 Å². The molecule has 1 fully saturated rings. The second-order valence-electron chi connectivity index (χ2n) is 4.03. The summed E-state index contributed by atoms with van der Waals surface area (Å²) in [6.07, 6.45) is 1.73. The van der Waals surface area contributed by atoms with E-state index in [0.717, 1.165) is 25.6 Å². The Balaban J connectivity index is 1.90. The Morgan fingerprint density at radius 2 is 2.08 bits per heavy atom. The summed E-state index contributed by atoms with van der Waals surface area (Å²) in [6, 6.07) is 0. The van der Waals surface area contributed by atoms with Crippen molar-refractivity contribution in [2.24, 2.45) is 5.92 Å². The summed E-state index contributed by atoms with van der Waals surface area (Å²) in [5, 5.41) is 0. The van der Waals surface area contributed by atoms with E-state index in [1.54, 1.807) is 0 Å². The van der Waals surface area contributed by atoms with Crippen molar-refractivity contribution in [1.29, 1.82) is 0 Å². The summed E-state index contributed by atoms with van der Waals surface area (Å²) in [5.41, 5.74) is 0. The van der Waals surface area contributed by atoms with E-state index in [2.05, 4.69) is 25.7 Å². The molecule has 1 rings (SSSR count). The van der Waals surface area contributed by atoms with Gasteiger partial charge in [0.25, 0.3) is 0 Å². The van der Waals surface area contributed by atoms with Crippen LogP contribution in [0.1, 0.15) is 27.2 Å². The summed E-state index contributed by atoms with van der Waals surface area (Å²) in [5.74, 6) is 0.771. The third-order valence-corrected chi connectivity index (χ3v) is 2.42. The third-order valence-electron chi connectivity index (χ3n) is 2.42. The molecule has 0 aliphatic carbocycles. The molecule has 2 nitrogen and oxygen atoms in total. The third kappa shape index (κ3) is 3.11. The first-order chi connectivity index (χ1) is 5.72. The van der Waals surface area contributed by atoms with E-state index in [9.17, 15) is 0 Å². The second-order valence-corrected chi connectivity index (χ2v) is 4.03. The molecule has 1 aliphatic rings. The highest BCUT2D eigenvalue weighted by molar-refractivity contribution is 4.79. The Labute approximate surface area is 75.9 Å². The monoisotopic (exact) mass is 171 g/mol. The summed E-state index contributed by atoms with van der Waals surface area (Å²) in [4.78, 5) is 2.40. The molecule has 1 heterocycles. The van der Waals surface area contributed by atoms with Crippen molar-refractivity contribution in [3.8, 4) is 0 Å². The summed E-state index contributed by atoms with van der Waals surface area (Å²) in [6.45, 7) is 11.1. The molecular formula is C10H21NO. The van der Waals surface area contributed by atoms with E-state index in [1.165, 1.54) is 13.0 Å². The number of nitrogens with zero attached hydrogens (tertiary/aromatic N) is 1. The van der Waals surface area contributed by atoms with Gasteiger partial charge in [0.15, 0.2) is 0 Å². The van der Waals surface area contributed by atoms with Gasteiger partial charge in [0.2, 0.25) is 0 Å². The van der Waals surface area contributed by atoms with Crippen LogP contribution in [0.5, 0.6) is 0 Å². The van der Waals surface area contributed by atoms with Crippen molar-refractivity contribution in [3.05, 3.63) is 0 Å². The predicted octanol–water partition coefficient (Wildman–Crippen LogP) is 1.75. The average Bonchev–Trinajstić information content (AvgIpc) is 1.93. The van der Waals surface area contributed by atoms with Gasteiger partial charge >= 0.3 is 0 Å². The van der Waals surface area contributed by atoms with E-state index in [1.807, 2.05) is 0 Å². The SMILES string of the molecule is CCN1CC(OCCC(C)C)C1. The van der Waals surface area contributed by atoms with Crippen LogP contribution < -0.4 is 0 Å². The number of rotatable bonds is 5. The highest BCUT2D eigenvalue weighted by atomic mass is 16.5. The van der Waals surface area contributed by atoms with Crippen LogP contribution in [-0.2, 0) is 4.74 Å². The molecule has 72 valence electrons. The van der Waals surface area contributed by atoms with Gasteiger partial charge in [0.1, 0.15) is 0 Å². The zero-order valence-corrected chi connectivity index (χ0v) is 8.55. The highest BCUT2D eigenvalue weighted by Crippen LogP contribution is 2.11. The first-order valence-corrected chi connectivity index (χ1v) is 5.06. The van der Waals surface area contributed by atoms with Crippen molar-refractivity contribution in [2.45, 2.75) is 33.3 Å². The van der Waals surface area contributed by atoms with Gasteiger partial charge in [0, 0.05) is 19.7 Å². The molecule has 1 aliphatic heterocycles. The van der Waals surface area contributed by atoms with Crippen molar-refractivity contribution in [2.75, 3.05) is 26.2 Å². The van der Waals surface area contributed by atoms with Crippen molar-refractivity contribution < 1.29 is 4.74 Å². The molecule has 12 heavy (non-hydrogen) atoms. The van der Waals surface area contributed by atoms with Crippen LogP contribution in [0, 0.1) is 5.92 Å². The first-order valence-electron chi connectivity index (χ1n) is 5.06. The normalized spacial score (nSPS) is 20.0. The molecule has 0 atom stereocenters. The lowest BCUT2D eigenvalue weighted by atomic mass is 10.1. The molecule has 0 amide bonds. The predicted molar refractivity (Wildman–Crippen MR) is 51.3 cm³/mol. The van der Waals surface area contributed by atoms with Crippen LogP contribution in [0.4, 0.5) is 0 Å². The minimum atomic E-state index is 0.531. The Kier molecular flexibility index (Phi) is 4.02. The number of likely N-dealkylation sites (N-methyl/N-ethyl adjacent to an activating group) is 1. The van der Waals surface area contributed by atoms with Gasteiger partial charge in [-0.15, -0.1) is 0 Å². The average molecular weight is 171 g/mol. The molecule has 0 aromatic rings. The van der Waals surface area contributed by atoms with Gasteiger partial charge in [-0.1, -0.05) is 20.8 Å². The van der Waals surface area contributed by atoms with Crippen molar-refractivity contribution in [3.63, 3.8) is 0 Å². The number of hydrogen-bond acceptors (Lipinski definition) is 2. The Hall–Kier alpha value is -0.0800. The molecule has 0 spiro atoms. The maximum absolute atomic E-state index is 5.68. The quantitative estimate of drug-likeness (QED) is 0.625. The maximum atomic E-state index is 5.68. The van der Waals surface area contributed by atoms with Gasteiger partial charge in [-0.2, -0.15) is 0 Å². The van der Waals surface area contributed by atoms with Gasteiger partial charge in [0.05, 0.1) is 6.10 Å². The summed E-state index contributed by atoms with van der Waals surface area (Å²) >= 11 is 0. The zero-order chi connectivity index (χ0) is 8.97. The molecule has 1 saturated heterocycles. The van der Waals surface area contributed by atoms with Gasteiger partial charge < -0.3 is 4.74 Å². The van der Waals surface area contributed by atoms with Gasteiger partial charge in [-0.25, -0.2) is 0 Å². The molecule has 0 bridgehead atoms. The van der Waals surface area contributed by atoms with Gasteiger partial charge in [-0.3, -0.25) is 4.90 Å². The van der Waals surface area contributed by atoms with Crippen molar-refractivity contribution in [1.82, 2.24) is 4.90 Å². The molecule has 0 aromatic heterocycles. The fourth-order valence-electron chi connectivity index (χ4n) is 1.36. The smallest absolute Gasteiger partial charge is 0.0828 e. The topological polar surface area (TPSA) is 12.5 Å². The first kappa shape index (κ1) is 10.0. The van der Waals surface area contributed by atoms with E-state index in [4.69, 9.17) is 4.74 Å². The number of hydrogen-bond donors (Lipinski definition) is 0. The molecular weight excluding hydrogens is 150 g/mol. The lowest BCUT2D eigenvalue weighted by Crippen LogP contribution is -2.51. The van der Waals surface area contributed by atoms with E-state index in [0.29, 0.717) is 6.10 Å². The summed E-state index contributed by atoms with van der Waals surface area (Å²) in [7, 11) is 0. The summed E-state index contributed by atoms with van der Waals surface area (Å²) < 4.78 is 5.68. The highest BCUT2D eigenvalue weighted by Gasteiger charge is 2.25. The van der Waals surface area contributed by atoms with Crippen LogP contribution in [0.3, 0.4) is 0 Å². The Bertz CT molecular complexity index is 119. The zero-order valence-electron chi connectivity index (χ0n) is 8.55. The van der Waals surface area contributed by atoms with Gasteiger partial charge in [-0.05, 0) is 18.9 Å². The van der Waals surface area contributed by atoms with E-state index >= 15 is 0 Å². The van der Waals surface area contributed by atoms with Crippen LogP contribution in [-0.4, -0.2) is 37.2 Å². The fraction of sp³-hybridized carbons (Fsp3) is 1.00. The minimum Gasteiger partial charge on any atom is -0.376 e. The molecule has 2 heteroatoms. The van der Waals surface area contributed by atoms with E-state index < -0.39 is 0 Å². The molecule has 0 N–H and O–H groups in total. The molecule has 0 saturated carbocycles. The van der Waals surface area contributed by atoms with Crippen LogP contribution >= 0.6 is 0 Å². The Morgan fingerprint density at radius 3 is 2.58 bits per heavy atom. The van der Waals surface area contributed by atoms with Crippen molar-refractivity contribution >= 4 is 0 Å². The second kappa shape index (κ2) is 4.83. The minimum absolute atomic E-state index is 0.531. The molecule has 0 unspecified atom stereocenters. The maximum Gasteiger partial charge on any atom is 0.0828 e. The number of ether oxygens (including phenoxy) is 1. The number of likely N-dealkylation sites (tertiary alicyclic amines) is 1. The lowest BCUT2D eigenvalue weighted by molar-refractivity contribution is -0.0547. The fourth-order valence-corrected chi connectivity index (χ4v) is 1.36. The largest absolute Gasteiger partial charge is 0.376 e. The molecule has 0 aromatic carbocycles. The lowest BCUT2D eigenvalue weighted by Gasteiger charge is -2.38. The molecule has 0 radical (unpaired) electrons. The Morgan fingerprint density at radius 1 is 1.42 bits per heavy atom. The van der Waals surface area contributed by atoms with Crippen LogP contribution in [0.25, 0.3) is 0 Å².